The Kier molecular flexibility index (Phi) is 5.10. The summed E-state index contributed by atoms with van der Waals surface area (Å²) in [5.74, 6) is -0.706. The molecule has 6 nitrogen and oxygen atoms in total. The zero-order valence-corrected chi connectivity index (χ0v) is 13.5. The molecular weight excluding hydrogens is 299 g/mol. The van der Waals surface area contributed by atoms with Crippen LogP contribution in [0, 0.1) is 11.2 Å². The number of aliphatic hydroxyl groups is 1. The van der Waals surface area contributed by atoms with Gasteiger partial charge in [-0.25, -0.2) is 4.39 Å². The van der Waals surface area contributed by atoms with Crippen molar-refractivity contribution in [2.45, 2.75) is 33.2 Å². The smallest absolute Gasteiger partial charge is 0.273 e. The Balaban J connectivity index is 2.13. The van der Waals surface area contributed by atoms with Crippen LogP contribution in [0.25, 0.3) is 5.69 Å². The van der Waals surface area contributed by atoms with Crippen molar-refractivity contribution in [2.24, 2.45) is 5.41 Å². The van der Waals surface area contributed by atoms with E-state index in [1.165, 1.54) is 35.3 Å². The van der Waals surface area contributed by atoms with Gasteiger partial charge in [0.2, 0.25) is 0 Å². The number of nitrogens with zero attached hydrogens (tertiary/aromatic N) is 3. The second kappa shape index (κ2) is 6.87. The molecule has 0 aliphatic rings. The summed E-state index contributed by atoms with van der Waals surface area (Å²) in [6.45, 7) is 5.96. The molecule has 23 heavy (non-hydrogen) atoms. The zero-order chi connectivity index (χ0) is 17.0. The van der Waals surface area contributed by atoms with Crippen LogP contribution in [0.4, 0.5) is 4.39 Å². The van der Waals surface area contributed by atoms with Crippen LogP contribution in [0.15, 0.2) is 30.5 Å². The lowest BCUT2D eigenvalue weighted by molar-refractivity contribution is 0.0879. The first-order valence-corrected chi connectivity index (χ1v) is 7.41. The van der Waals surface area contributed by atoms with E-state index < -0.39 is 0 Å². The molecule has 1 heterocycles. The summed E-state index contributed by atoms with van der Waals surface area (Å²) < 4.78 is 12.9. The van der Waals surface area contributed by atoms with E-state index in [2.05, 4.69) is 15.5 Å². The van der Waals surface area contributed by atoms with E-state index >= 15 is 0 Å². The van der Waals surface area contributed by atoms with Crippen molar-refractivity contribution >= 4 is 5.91 Å². The molecule has 1 amide bonds. The number of halogens is 1. The molecule has 1 atom stereocenters. The van der Waals surface area contributed by atoms with Crippen molar-refractivity contribution in [2.75, 3.05) is 6.61 Å². The summed E-state index contributed by atoms with van der Waals surface area (Å²) >= 11 is 0. The molecule has 1 aromatic carbocycles. The molecular formula is C16H21FN4O2. The minimum atomic E-state index is -0.355. The van der Waals surface area contributed by atoms with Crippen molar-refractivity contribution in [3.8, 4) is 5.69 Å². The number of carbonyl (C=O) groups excluding carboxylic acids is 1. The minimum absolute atomic E-state index is 0.00944. The van der Waals surface area contributed by atoms with Gasteiger partial charge in [0.05, 0.1) is 11.9 Å². The fourth-order valence-electron chi connectivity index (χ4n) is 2.15. The fraction of sp³-hybridized carbons (Fsp3) is 0.438. The number of aliphatic hydroxyl groups excluding tert-OH is 1. The maximum Gasteiger partial charge on any atom is 0.273 e. The van der Waals surface area contributed by atoms with Gasteiger partial charge in [0, 0.05) is 12.6 Å². The summed E-state index contributed by atoms with van der Waals surface area (Å²) in [6, 6.07) is 5.47. The van der Waals surface area contributed by atoms with Gasteiger partial charge in [-0.2, -0.15) is 9.90 Å². The number of amides is 1. The molecule has 2 N–H and O–H groups in total. The number of hydrogen-bond donors (Lipinski definition) is 2. The van der Waals surface area contributed by atoms with E-state index in [-0.39, 0.29) is 35.5 Å². The summed E-state index contributed by atoms with van der Waals surface area (Å²) in [6.07, 6.45) is 1.82. The third kappa shape index (κ3) is 4.35. The first-order valence-electron chi connectivity index (χ1n) is 7.41. The third-order valence-electron chi connectivity index (χ3n) is 3.55. The first kappa shape index (κ1) is 17.1. The number of benzene rings is 1. The molecule has 124 valence electrons. The lowest BCUT2D eigenvalue weighted by Crippen LogP contribution is -2.44. The number of carbonyl (C=O) groups is 1. The highest BCUT2D eigenvalue weighted by Crippen LogP contribution is 2.22. The maximum absolute atomic E-state index is 12.9. The largest absolute Gasteiger partial charge is 0.396 e. The van der Waals surface area contributed by atoms with Crippen molar-refractivity contribution in [1.82, 2.24) is 20.3 Å². The Hall–Kier alpha value is -2.28. The quantitative estimate of drug-likeness (QED) is 0.882. The van der Waals surface area contributed by atoms with Crippen LogP contribution in [0.3, 0.4) is 0 Å². The van der Waals surface area contributed by atoms with E-state index in [1.807, 2.05) is 20.8 Å². The topological polar surface area (TPSA) is 80.0 Å². The second-order valence-corrected chi connectivity index (χ2v) is 6.40. The summed E-state index contributed by atoms with van der Waals surface area (Å²) in [4.78, 5) is 13.6. The molecule has 2 aromatic rings. The second-order valence-electron chi connectivity index (χ2n) is 6.40. The minimum Gasteiger partial charge on any atom is -0.396 e. The van der Waals surface area contributed by atoms with Gasteiger partial charge >= 0.3 is 0 Å². The van der Waals surface area contributed by atoms with Gasteiger partial charge in [-0.15, -0.1) is 5.10 Å². The molecule has 2 rings (SSSR count). The van der Waals surface area contributed by atoms with Gasteiger partial charge in [0.15, 0.2) is 5.69 Å². The molecule has 7 heteroatoms. The van der Waals surface area contributed by atoms with Crippen molar-refractivity contribution in [3.63, 3.8) is 0 Å². The Morgan fingerprint density at radius 2 is 2.00 bits per heavy atom. The van der Waals surface area contributed by atoms with Gasteiger partial charge in [-0.1, -0.05) is 20.8 Å². The van der Waals surface area contributed by atoms with Gasteiger partial charge in [0.25, 0.3) is 5.91 Å². The van der Waals surface area contributed by atoms with Gasteiger partial charge in [0.1, 0.15) is 5.82 Å². The number of aromatic nitrogens is 3. The van der Waals surface area contributed by atoms with Crippen LogP contribution in [0.5, 0.6) is 0 Å². The molecule has 0 radical (unpaired) electrons. The van der Waals surface area contributed by atoms with Crippen molar-refractivity contribution in [3.05, 3.63) is 42.0 Å². The summed E-state index contributed by atoms with van der Waals surface area (Å²) in [5.41, 5.74) is 0.542. The highest BCUT2D eigenvalue weighted by molar-refractivity contribution is 5.92. The van der Waals surface area contributed by atoms with Crippen molar-refractivity contribution in [1.29, 1.82) is 0 Å². The summed E-state index contributed by atoms with van der Waals surface area (Å²) in [5, 5.41) is 20.2. The number of hydrogen-bond acceptors (Lipinski definition) is 4. The van der Waals surface area contributed by atoms with Crippen LogP contribution in [-0.2, 0) is 0 Å². The van der Waals surface area contributed by atoms with Gasteiger partial charge < -0.3 is 10.4 Å². The lowest BCUT2D eigenvalue weighted by Gasteiger charge is -2.30. The molecule has 0 aliphatic carbocycles. The van der Waals surface area contributed by atoms with E-state index in [0.29, 0.717) is 12.1 Å². The van der Waals surface area contributed by atoms with Crippen LogP contribution in [0.2, 0.25) is 0 Å². The third-order valence-corrected chi connectivity index (χ3v) is 3.55. The number of rotatable bonds is 5. The van der Waals surface area contributed by atoms with Crippen molar-refractivity contribution < 1.29 is 14.3 Å². The number of nitrogens with one attached hydrogen (secondary N) is 1. The molecule has 1 unspecified atom stereocenters. The predicted molar refractivity (Wildman–Crippen MR) is 83.7 cm³/mol. The average molecular weight is 320 g/mol. The molecule has 0 spiro atoms. The Morgan fingerprint density at radius 1 is 1.35 bits per heavy atom. The summed E-state index contributed by atoms with van der Waals surface area (Å²) in [7, 11) is 0. The van der Waals surface area contributed by atoms with E-state index in [1.54, 1.807) is 0 Å². The van der Waals surface area contributed by atoms with Crippen LogP contribution >= 0.6 is 0 Å². The van der Waals surface area contributed by atoms with Gasteiger partial charge in [-0.05, 0) is 36.1 Å². The Morgan fingerprint density at radius 3 is 2.57 bits per heavy atom. The highest BCUT2D eigenvalue weighted by Gasteiger charge is 2.27. The highest BCUT2D eigenvalue weighted by atomic mass is 19.1. The van der Waals surface area contributed by atoms with E-state index in [0.717, 1.165) is 0 Å². The molecule has 0 saturated carbocycles. The molecule has 0 aliphatic heterocycles. The maximum atomic E-state index is 12.9. The molecule has 0 fully saturated rings. The molecule has 0 saturated heterocycles. The fourth-order valence-corrected chi connectivity index (χ4v) is 2.15. The van der Waals surface area contributed by atoms with Gasteiger partial charge in [-0.3, -0.25) is 4.79 Å². The lowest BCUT2D eigenvalue weighted by atomic mass is 9.85. The molecule has 1 aromatic heterocycles. The van der Waals surface area contributed by atoms with Crippen LogP contribution in [-0.4, -0.2) is 38.7 Å². The van der Waals surface area contributed by atoms with E-state index in [9.17, 15) is 9.18 Å². The SMILES string of the molecule is CC(C)(C)C(CCO)NC(=O)c1cnn(-c2ccc(F)cc2)n1. The average Bonchev–Trinajstić information content (AvgIpc) is 2.96. The van der Waals surface area contributed by atoms with Crippen LogP contribution < -0.4 is 5.32 Å². The Bertz CT molecular complexity index is 661. The first-order chi connectivity index (χ1) is 10.8. The normalized spacial score (nSPS) is 12.9. The predicted octanol–water partition coefficient (Wildman–Crippen LogP) is 1.93. The standard InChI is InChI=1S/C16H21FN4O2/c1-16(2,3)14(8-9-22)19-15(23)13-10-18-21(20-13)12-6-4-11(17)5-7-12/h4-7,10,14,22H,8-9H2,1-3H3,(H,19,23). The van der Waals surface area contributed by atoms with Crippen LogP contribution in [0.1, 0.15) is 37.7 Å². The zero-order valence-electron chi connectivity index (χ0n) is 13.5. The van der Waals surface area contributed by atoms with E-state index in [4.69, 9.17) is 5.11 Å². The molecule has 0 bridgehead atoms. The monoisotopic (exact) mass is 320 g/mol. The Labute approximate surface area is 134 Å².